The summed E-state index contributed by atoms with van der Waals surface area (Å²) in [5, 5.41) is 6.29. The molecule has 1 fully saturated rings. The van der Waals surface area contributed by atoms with Crippen LogP contribution in [0, 0.1) is 0 Å². The van der Waals surface area contributed by atoms with E-state index in [0.717, 1.165) is 38.0 Å². The largest absolute Gasteiger partial charge is 0.467 e. The van der Waals surface area contributed by atoms with Gasteiger partial charge < -0.3 is 19.8 Å². The van der Waals surface area contributed by atoms with Gasteiger partial charge in [0.15, 0.2) is 0 Å². The summed E-state index contributed by atoms with van der Waals surface area (Å²) in [6.07, 6.45) is 5.62. The smallest absolute Gasteiger partial charge is 0.240 e. The fraction of sp³-hybridized carbons (Fsp3) is 0.667. The summed E-state index contributed by atoms with van der Waals surface area (Å²) in [4.78, 5) is 12.1. The Labute approximate surface area is 120 Å². The number of piperidine rings is 1. The van der Waals surface area contributed by atoms with Crippen LogP contribution < -0.4 is 10.6 Å². The molecule has 0 spiro atoms. The number of hydrogen-bond donors (Lipinski definition) is 2. The normalized spacial score (nSPS) is 22.6. The first-order chi connectivity index (χ1) is 9.71. The van der Waals surface area contributed by atoms with Crippen molar-refractivity contribution >= 4 is 5.91 Å². The van der Waals surface area contributed by atoms with Crippen molar-refractivity contribution in [3.8, 4) is 0 Å². The highest BCUT2D eigenvalue weighted by molar-refractivity contribution is 5.85. The second-order valence-electron chi connectivity index (χ2n) is 5.46. The first kappa shape index (κ1) is 15.1. The second-order valence-corrected chi connectivity index (χ2v) is 5.46. The Balaban J connectivity index is 1.55. The number of furan rings is 1. The van der Waals surface area contributed by atoms with Crippen LogP contribution in [0.2, 0.25) is 0 Å². The van der Waals surface area contributed by atoms with E-state index in [9.17, 15) is 4.79 Å². The molecule has 2 N–H and O–H groups in total. The van der Waals surface area contributed by atoms with Gasteiger partial charge in [0.1, 0.15) is 12.4 Å². The van der Waals surface area contributed by atoms with Crippen LogP contribution in [-0.4, -0.2) is 31.1 Å². The third kappa shape index (κ3) is 4.35. The minimum atomic E-state index is -0.396. The van der Waals surface area contributed by atoms with Crippen molar-refractivity contribution in [3.05, 3.63) is 24.2 Å². The SMILES string of the molecule is CC1(C(=O)NCCCOCc2ccco2)CCCCN1. The zero-order chi connectivity index (χ0) is 14.3. The van der Waals surface area contributed by atoms with Crippen molar-refractivity contribution < 1.29 is 13.9 Å². The fourth-order valence-electron chi connectivity index (χ4n) is 2.39. The average molecular weight is 280 g/mol. The Kier molecular flexibility index (Phi) is 5.61. The van der Waals surface area contributed by atoms with Crippen LogP contribution in [0.4, 0.5) is 0 Å². The molecule has 0 aliphatic carbocycles. The van der Waals surface area contributed by atoms with E-state index in [1.807, 2.05) is 19.1 Å². The lowest BCUT2D eigenvalue weighted by atomic mass is 9.90. The lowest BCUT2D eigenvalue weighted by Gasteiger charge is -2.33. The van der Waals surface area contributed by atoms with Gasteiger partial charge in [-0.25, -0.2) is 0 Å². The predicted molar refractivity (Wildman–Crippen MR) is 76.2 cm³/mol. The van der Waals surface area contributed by atoms with Crippen molar-refractivity contribution in [2.24, 2.45) is 0 Å². The number of ether oxygens (including phenoxy) is 1. The summed E-state index contributed by atoms with van der Waals surface area (Å²) in [7, 11) is 0. The van der Waals surface area contributed by atoms with Gasteiger partial charge in [-0.15, -0.1) is 0 Å². The molecule has 5 nitrogen and oxygen atoms in total. The van der Waals surface area contributed by atoms with Crippen LogP contribution in [0.5, 0.6) is 0 Å². The molecule has 1 saturated heterocycles. The van der Waals surface area contributed by atoms with Gasteiger partial charge in [0, 0.05) is 13.2 Å². The molecular weight excluding hydrogens is 256 g/mol. The van der Waals surface area contributed by atoms with Crippen LogP contribution in [-0.2, 0) is 16.1 Å². The number of amides is 1. The summed E-state index contributed by atoms with van der Waals surface area (Å²) in [5.41, 5.74) is -0.396. The zero-order valence-electron chi connectivity index (χ0n) is 12.1. The van der Waals surface area contributed by atoms with Crippen LogP contribution in [0.15, 0.2) is 22.8 Å². The van der Waals surface area contributed by atoms with E-state index in [1.54, 1.807) is 6.26 Å². The number of nitrogens with one attached hydrogen (secondary N) is 2. The minimum absolute atomic E-state index is 0.100. The topological polar surface area (TPSA) is 63.5 Å². The lowest BCUT2D eigenvalue weighted by molar-refractivity contribution is -0.128. The quantitative estimate of drug-likeness (QED) is 0.748. The van der Waals surface area contributed by atoms with Gasteiger partial charge in [0.05, 0.1) is 11.8 Å². The molecule has 0 saturated carbocycles. The van der Waals surface area contributed by atoms with Crippen molar-refractivity contribution in [1.29, 1.82) is 0 Å². The summed E-state index contributed by atoms with van der Waals surface area (Å²) in [6.45, 7) is 4.66. The van der Waals surface area contributed by atoms with Gasteiger partial charge in [-0.3, -0.25) is 4.79 Å². The number of hydrogen-bond acceptors (Lipinski definition) is 4. The van der Waals surface area contributed by atoms with E-state index >= 15 is 0 Å². The Morgan fingerprint density at radius 2 is 2.45 bits per heavy atom. The van der Waals surface area contributed by atoms with Crippen molar-refractivity contribution in [3.63, 3.8) is 0 Å². The number of rotatable bonds is 7. The zero-order valence-corrected chi connectivity index (χ0v) is 12.1. The highest BCUT2D eigenvalue weighted by Crippen LogP contribution is 2.18. The van der Waals surface area contributed by atoms with Crippen molar-refractivity contribution in [2.45, 2.75) is 44.8 Å². The van der Waals surface area contributed by atoms with Crippen molar-refractivity contribution in [1.82, 2.24) is 10.6 Å². The monoisotopic (exact) mass is 280 g/mol. The Morgan fingerprint density at radius 1 is 1.55 bits per heavy atom. The summed E-state index contributed by atoms with van der Waals surface area (Å²) in [5.74, 6) is 0.927. The third-order valence-corrected chi connectivity index (χ3v) is 3.70. The van der Waals surface area contributed by atoms with Gasteiger partial charge in [0.25, 0.3) is 0 Å². The molecule has 1 aromatic rings. The van der Waals surface area contributed by atoms with Gasteiger partial charge in [-0.1, -0.05) is 0 Å². The van der Waals surface area contributed by atoms with Gasteiger partial charge in [0.2, 0.25) is 5.91 Å². The molecule has 1 amide bonds. The molecule has 1 aliphatic rings. The molecule has 1 aliphatic heterocycles. The highest BCUT2D eigenvalue weighted by Gasteiger charge is 2.33. The van der Waals surface area contributed by atoms with E-state index < -0.39 is 5.54 Å². The molecule has 0 bridgehead atoms. The van der Waals surface area contributed by atoms with Crippen LogP contribution in [0.1, 0.15) is 38.4 Å². The maximum Gasteiger partial charge on any atom is 0.240 e. The standard InChI is InChI=1S/C15H24N2O3/c1-15(7-2-3-9-17-15)14(18)16-8-5-10-19-12-13-6-4-11-20-13/h4,6,11,17H,2-3,5,7-10,12H2,1H3,(H,16,18). The van der Waals surface area contributed by atoms with E-state index in [0.29, 0.717) is 19.8 Å². The van der Waals surface area contributed by atoms with E-state index in [4.69, 9.17) is 9.15 Å². The van der Waals surface area contributed by atoms with Crippen LogP contribution in [0.3, 0.4) is 0 Å². The molecule has 1 unspecified atom stereocenters. The first-order valence-electron chi connectivity index (χ1n) is 7.34. The maximum absolute atomic E-state index is 12.1. The third-order valence-electron chi connectivity index (χ3n) is 3.70. The Hall–Kier alpha value is -1.33. The molecule has 0 aromatic carbocycles. The van der Waals surface area contributed by atoms with E-state index in [1.165, 1.54) is 0 Å². The lowest BCUT2D eigenvalue weighted by Crippen LogP contribution is -2.57. The summed E-state index contributed by atoms with van der Waals surface area (Å²) >= 11 is 0. The van der Waals surface area contributed by atoms with Crippen LogP contribution in [0.25, 0.3) is 0 Å². The van der Waals surface area contributed by atoms with Crippen LogP contribution >= 0.6 is 0 Å². The number of carbonyl (C=O) groups excluding carboxylic acids is 1. The van der Waals surface area contributed by atoms with Gasteiger partial charge in [-0.2, -0.15) is 0 Å². The molecule has 2 heterocycles. The van der Waals surface area contributed by atoms with E-state index in [2.05, 4.69) is 10.6 Å². The van der Waals surface area contributed by atoms with Crippen molar-refractivity contribution in [2.75, 3.05) is 19.7 Å². The Morgan fingerprint density at radius 3 is 3.15 bits per heavy atom. The fourth-order valence-corrected chi connectivity index (χ4v) is 2.39. The van der Waals surface area contributed by atoms with Gasteiger partial charge in [-0.05, 0) is 51.3 Å². The molecular formula is C15H24N2O3. The molecule has 2 rings (SSSR count). The molecule has 0 radical (unpaired) electrons. The molecule has 5 heteroatoms. The highest BCUT2D eigenvalue weighted by atomic mass is 16.5. The predicted octanol–water partition coefficient (Wildman–Crippen LogP) is 1.83. The molecule has 1 atom stereocenters. The van der Waals surface area contributed by atoms with E-state index in [-0.39, 0.29) is 5.91 Å². The minimum Gasteiger partial charge on any atom is -0.467 e. The molecule has 112 valence electrons. The van der Waals surface area contributed by atoms with Gasteiger partial charge >= 0.3 is 0 Å². The molecule has 1 aromatic heterocycles. The second kappa shape index (κ2) is 7.45. The number of carbonyl (C=O) groups is 1. The Bertz CT molecular complexity index is 397. The summed E-state index contributed by atoms with van der Waals surface area (Å²) < 4.78 is 10.6. The average Bonchev–Trinajstić information content (AvgIpc) is 2.96. The summed E-state index contributed by atoms with van der Waals surface area (Å²) in [6, 6.07) is 3.73. The first-order valence-corrected chi connectivity index (χ1v) is 7.34. The maximum atomic E-state index is 12.1. The molecule has 20 heavy (non-hydrogen) atoms.